The van der Waals surface area contributed by atoms with Gasteiger partial charge in [0.1, 0.15) is 0 Å². The van der Waals surface area contributed by atoms with Gasteiger partial charge in [-0.3, -0.25) is 14.9 Å². The van der Waals surface area contributed by atoms with Crippen molar-refractivity contribution in [2.75, 3.05) is 11.9 Å². The van der Waals surface area contributed by atoms with Crippen LogP contribution in [0.1, 0.15) is 17.2 Å². The molecular weight excluding hydrogens is 204 g/mol. The lowest BCUT2D eigenvalue weighted by Crippen LogP contribution is -2.25. The summed E-state index contributed by atoms with van der Waals surface area (Å²) < 4.78 is 0. The molecular formula is C8H8N2O3S. The molecule has 6 heteroatoms. The molecule has 1 amide bonds. The van der Waals surface area contributed by atoms with Crippen LogP contribution in [-0.2, 0) is 4.79 Å². The van der Waals surface area contributed by atoms with Crippen molar-refractivity contribution in [1.82, 2.24) is 0 Å². The van der Waals surface area contributed by atoms with Crippen molar-refractivity contribution >= 4 is 22.9 Å². The lowest BCUT2D eigenvalue weighted by Gasteiger charge is -2.18. The van der Waals surface area contributed by atoms with Crippen molar-refractivity contribution in [3.8, 4) is 0 Å². The number of hydrogen-bond acceptors (Lipinski definition) is 4. The first-order valence-electron chi connectivity index (χ1n) is 4.16. The number of carbonyl (C=O) groups is 1. The summed E-state index contributed by atoms with van der Waals surface area (Å²) in [5.74, 6) is -0.392. The molecule has 74 valence electrons. The molecule has 0 spiro atoms. The summed E-state index contributed by atoms with van der Waals surface area (Å²) in [6, 6.07) is 1.78. The van der Waals surface area contributed by atoms with Gasteiger partial charge in [-0.05, 0) is 11.4 Å². The van der Waals surface area contributed by atoms with Crippen molar-refractivity contribution in [3.05, 3.63) is 26.4 Å². The standard InChI is InChI=1S/C8H8N2O3S/c11-7-3-5(4-10(12)13)8-6(9-7)1-2-14-8/h1-2,5H,3-4H2,(H,9,11). The van der Waals surface area contributed by atoms with Crippen LogP contribution in [0.3, 0.4) is 0 Å². The third-order valence-corrected chi connectivity index (χ3v) is 3.22. The van der Waals surface area contributed by atoms with Crippen LogP contribution in [0.5, 0.6) is 0 Å². The van der Waals surface area contributed by atoms with Gasteiger partial charge in [-0.1, -0.05) is 0 Å². The Labute approximate surface area is 83.9 Å². The van der Waals surface area contributed by atoms with E-state index < -0.39 is 0 Å². The Hall–Kier alpha value is -1.43. The second kappa shape index (κ2) is 3.38. The van der Waals surface area contributed by atoms with Crippen LogP contribution in [0.2, 0.25) is 0 Å². The Morgan fingerprint density at radius 3 is 3.21 bits per heavy atom. The van der Waals surface area contributed by atoms with E-state index in [-0.39, 0.29) is 29.7 Å². The molecule has 1 aliphatic rings. The Kier molecular flexibility index (Phi) is 2.20. The zero-order valence-electron chi connectivity index (χ0n) is 7.23. The molecule has 1 N–H and O–H groups in total. The highest BCUT2D eigenvalue weighted by atomic mass is 32.1. The van der Waals surface area contributed by atoms with Crippen molar-refractivity contribution in [3.63, 3.8) is 0 Å². The highest BCUT2D eigenvalue weighted by molar-refractivity contribution is 7.10. The molecule has 1 aliphatic heterocycles. The normalized spacial score (nSPS) is 20.0. The number of carbonyl (C=O) groups excluding carboxylic acids is 1. The summed E-state index contributed by atoms with van der Waals surface area (Å²) in [4.78, 5) is 22.1. The van der Waals surface area contributed by atoms with Crippen molar-refractivity contribution in [1.29, 1.82) is 0 Å². The first-order chi connectivity index (χ1) is 6.66. The molecule has 0 saturated carbocycles. The Bertz CT molecular complexity index is 388. The highest BCUT2D eigenvalue weighted by Gasteiger charge is 2.29. The quantitative estimate of drug-likeness (QED) is 0.595. The number of fused-ring (bicyclic) bond motifs is 1. The fraction of sp³-hybridized carbons (Fsp3) is 0.375. The molecule has 14 heavy (non-hydrogen) atoms. The number of nitrogens with one attached hydrogen (secondary N) is 1. The SMILES string of the molecule is O=C1CC(C[N+](=O)[O-])c2sccc2N1. The number of nitro groups is 1. The van der Waals surface area contributed by atoms with Crippen molar-refractivity contribution < 1.29 is 9.72 Å². The van der Waals surface area contributed by atoms with E-state index in [1.807, 2.05) is 5.38 Å². The molecule has 1 aromatic heterocycles. The van der Waals surface area contributed by atoms with Gasteiger partial charge in [0.05, 0.1) is 11.6 Å². The third-order valence-electron chi connectivity index (χ3n) is 2.14. The molecule has 1 aromatic rings. The van der Waals surface area contributed by atoms with E-state index in [9.17, 15) is 14.9 Å². The zero-order valence-corrected chi connectivity index (χ0v) is 8.04. The van der Waals surface area contributed by atoms with E-state index in [1.54, 1.807) is 6.07 Å². The van der Waals surface area contributed by atoms with Crippen LogP contribution in [0.25, 0.3) is 0 Å². The van der Waals surface area contributed by atoms with Crippen LogP contribution >= 0.6 is 11.3 Å². The molecule has 1 atom stereocenters. The maximum atomic E-state index is 11.2. The van der Waals surface area contributed by atoms with Gasteiger partial charge < -0.3 is 5.32 Å². The maximum Gasteiger partial charge on any atom is 0.225 e. The molecule has 0 saturated heterocycles. The number of thiophene rings is 1. The maximum absolute atomic E-state index is 11.2. The van der Waals surface area contributed by atoms with Gasteiger partial charge in [0.15, 0.2) is 0 Å². The summed E-state index contributed by atoms with van der Waals surface area (Å²) in [6.07, 6.45) is 0.217. The average molecular weight is 212 g/mol. The molecule has 1 unspecified atom stereocenters. The molecule has 5 nitrogen and oxygen atoms in total. The second-order valence-electron chi connectivity index (χ2n) is 3.16. The van der Waals surface area contributed by atoms with Gasteiger partial charge in [-0.15, -0.1) is 11.3 Å². The van der Waals surface area contributed by atoms with E-state index in [1.165, 1.54) is 11.3 Å². The molecule has 0 aromatic carbocycles. The molecule has 2 rings (SSSR count). The monoisotopic (exact) mass is 212 g/mol. The summed E-state index contributed by atoms with van der Waals surface area (Å²) in [6.45, 7) is -0.166. The van der Waals surface area contributed by atoms with Crippen LogP contribution in [0.4, 0.5) is 5.69 Å². The molecule has 0 aliphatic carbocycles. The van der Waals surface area contributed by atoms with Gasteiger partial charge >= 0.3 is 0 Å². The Morgan fingerprint density at radius 1 is 1.71 bits per heavy atom. The molecule has 0 fully saturated rings. The molecule has 0 bridgehead atoms. The van der Waals surface area contributed by atoms with Gasteiger partial charge in [0.25, 0.3) is 0 Å². The fourth-order valence-corrected chi connectivity index (χ4v) is 2.53. The van der Waals surface area contributed by atoms with Crippen molar-refractivity contribution in [2.24, 2.45) is 0 Å². The molecule has 0 radical (unpaired) electrons. The first-order valence-corrected chi connectivity index (χ1v) is 5.04. The van der Waals surface area contributed by atoms with Crippen LogP contribution in [-0.4, -0.2) is 17.4 Å². The zero-order chi connectivity index (χ0) is 10.1. The van der Waals surface area contributed by atoms with Crippen LogP contribution in [0.15, 0.2) is 11.4 Å². The lowest BCUT2D eigenvalue weighted by atomic mass is 9.99. The lowest BCUT2D eigenvalue weighted by molar-refractivity contribution is -0.483. The topological polar surface area (TPSA) is 72.2 Å². The highest BCUT2D eigenvalue weighted by Crippen LogP contribution is 2.36. The first kappa shape index (κ1) is 9.14. The fourth-order valence-electron chi connectivity index (χ4n) is 1.59. The molecule has 2 heterocycles. The van der Waals surface area contributed by atoms with Gasteiger partial charge in [0.2, 0.25) is 12.5 Å². The van der Waals surface area contributed by atoms with E-state index in [0.29, 0.717) is 0 Å². The Balaban J connectivity index is 2.27. The predicted molar refractivity (Wildman–Crippen MR) is 52.2 cm³/mol. The Morgan fingerprint density at radius 2 is 2.50 bits per heavy atom. The van der Waals surface area contributed by atoms with Gasteiger partial charge in [-0.2, -0.15) is 0 Å². The minimum atomic E-state index is -0.368. The number of nitrogens with zero attached hydrogens (tertiary/aromatic N) is 1. The minimum absolute atomic E-state index is 0.136. The van der Waals surface area contributed by atoms with E-state index in [2.05, 4.69) is 5.32 Å². The smallest absolute Gasteiger partial charge is 0.225 e. The number of hydrogen-bond donors (Lipinski definition) is 1. The van der Waals surface area contributed by atoms with Crippen molar-refractivity contribution in [2.45, 2.75) is 12.3 Å². The van der Waals surface area contributed by atoms with Gasteiger partial charge in [-0.25, -0.2) is 0 Å². The van der Waals surface area contributed by atoms with E-state index in [0.717, 1.165) is 10.6 Å². The van der Waals surface area contributed by atoms with E-state index >= 15 is 0 Å². The minimum Gasteiger partial charge on any atom is -0.325 e. The summed E-state index contributed by atoms with van der Waals surface area (Å²) in [5, 5.41) is 14.9. The predicted octanol–water partition coefficient (Wildman–Crippen LogP) is 1.45. The van der Waals surface area contributed by atoms with E-state index in [4.69, 9.17) is 0 Å². The number of anilines is 1. The average Bonchev–Trinajstić information content (AvgIpc) is 2.50. The van der Waals surface area contributed by atoms with Crippen LogP contribution < -0.4 is 5.32 Å². The second-order valence-corrected chi connectivity index (χ2v) is 4.11. The summed E-state index contributed by atoms with van der Waals surface area (Å²) in [5.41, 5.74) is 0.734. The summed E-state index contributed by atoms with van der Waals surface area (Å²) >= 11 is 1.46. The summed E-state index contributed by atoms with van der Waals surface area (Å²) in [7, 11) is 0. The number of rotatable bonds is 2. The number of amides is 1. The third kappa shape index (κ3) is 1.60. The van der Waals surface area contributed by atoms with Gasteiger partial charge in [0, 0.05) is 16.2 Å². The van der Waals surface area contributed by atoms with Crippen LogP contribution in [0, 0.1) is 10.1 Å². The largest absolute Gasteiger partial charge is 0.325 e.